The molecule has 7 heteroatoms. The molecule has 0 fully saturated rings. The van der Waals surface area contributed by atoms with Crippen molar-refractivity contribution in [2.75, 3.05) is 23.9 Å². The van der Waals surface area contributed by atoms with Gasteiger partial charge in [0.15, 0.2) is 15.6 Å². The second kappa shape index (κ2) is 6.58. The number of thiophene rings is 1. The van der Waals surface area contributed by atoms with Crippen LogP contribution in [0.3, 0.4) is 0 Å². The minimum absolute atomic E-state index is 0.0530. The molecule has 0 unspecified atom stereocenters. The monoisotopic (exact) mass is 318 g/mol. The Bertz CT molecular complexity index is 589. The maximum absolute atomic E-state index is 11.8. The Morgan fingerprint density at radius 1 is 1.40 bits per heavy atom. The summed E-state index contributed by atoms with van der Waals surface area (Å²) < 4.78 is 23.7. The van der Waals surface area contributed by atoms with E-state index in [0.717, 1.165) is 30.4 Å². The predicted octanol–water partition coefficient (Wildman–Crippen LogP) is 2.78. The van der Waals surface area contributed by atoms with Crippen LogP contribution in [0.15, 0.2) is 4.90 Å². The average molecular weight is 318 g/mol. The summed E-state index contributed by atoms with van der Waals surface area (Å²) in [6.45, 7) is 6.33. The topological polar surface area (TPSA) is 89.3 Å². The predicted molar refractivity (Wildman–Crippen MR) is 84.4 cm³/mol. The van der Waals surface area contributed by atoms with E-state index in [1.807, 2.05) is 0 Å². The average Bonchev–Trinajstić information content (AvgIpc) is 2.61. The molecule has 0 saturated carbocycles. The summed E-state index contributed by atoms with van der Waals surface area (Å²) in [6.07, 6.45) is 3.10. The third kappa shape index (κ3) is 4.21. The van der Waals surface area contributed by atoms with Gasteiger partial charge in [-0.15, -0.1) is 11.3 Å². The Morgan fingerprint density at radius 2 is 2.00 bits per heavy atom. The molecule has 0 saturated heterocycles. The lowest BCUT2D eigenvalue weighted by molar-refractivity contribution is 0.102. The normalized spacial score (nSPS) is 11.8. The van der Waals surface area contributed by atoms with Gasteiger partial charge in [0.1, 0.15) is 9.90 Å². The number of Topliss-reactive ketones (excluding diaryl/α,β-unsaturated/α-hetero) is 1. The molecule has 0 amide bonds. The van der Waals surface area contributed by atoms with E-state index >= 15 is 0 Å². The summed E-state index contributed by atoms with van der Waals surface area (Å²) in [4.78, 5) is 11.8. The summed E-state index contributed by atoms with van der Waals surface area (Å²) >= 11 is 1.12. The molecule has 1 aromatic heterocycles. The highest BCUT2D eigenvalue weighted by Crippen LogP contribution is 2.39. The molecular formula is C13H22N2O3S2. The number of hydrogen-bond donors (Lipinski definition) is 2. The zero-order valence-corrected chi connectivity index (χ0v) is 14.0. The zero-order chi connectivity index (χ0) is 15.5. The number of carbonyl (C=O) groups excluding carboxylic acids is 1. The summed E-state index contributed by atoms with van der Waals surface area (Å²) in [7, 11) is -3.46. The first-order chi connectivity index (χ1) is 9.14. The first-order valence-corrected chi connectivity index (χ1v) is 9.22. The van der Waals surface area contributed by atoms with Gasteiger partial charge in [-0.1, -0.05) is 13.8 Å². The molecule has 1 heterocycles. The van der Waals surface area contributed by atoms with Gasteiger partial charge in [-0.05, 0) is 18.8 Å². The fourth-order valence-corrected chi connectivity index (χ4v) is 4.38. The van der Waals surface area contributed by atoms with Crippen LogP contribution in [0.25, 0.3) is 0 Å². The lowest BCUT2D eigenvalue weighted by atomic mass is 10.1. The molecule has 1 rings (SSSR count). The second-order valence-electron chi connectivity index (χ2n) is 5.29. The Balaban J connectivity index is 3.00. The van der Waals surface area contributed by atoms with Crippen molar-refractivity contribution in [3.63, 3.8) is 0 Å². The van der Waals surface area contributed by atoms with Gasteiger partial charge in [0.25, 0.3) is 0 Å². The zero-order valence-electron chi connectivity index (χ0n) is 12.3. The first-order valence-electron chi connectivity index (χ1n) is 6.51. The molecule has 0 aliphatic heterocycles. The Kier molecular flexibility index (Phi) is 5.59. The minimum Gasteiger partial charge on any atom is -0.396 e. The van der Waals surface area contributed by atoms with Crippen LogP contribution in [0.4, 0.5) is 10.7 Å². The molecule has 5 nitrogen and oxygen atoms in total. The number of hydrogen-bond acceptors (Lipinski definition) is 6. The molecule has 0 aliphatic rings. The van der Waals surface area contributed by atoms with Crippen molar-refractivity contribution in [2.24, 2.45) is 5.92 Å². The van der Waals surface area contributed by atoms with Gasteiger partial charge < -0.3 is 11.1 Å². The quantitative estimate of drug-likeness (QED) is 0.596. The highest BCUT2D eigenvalue weighted by Gasteiger charge is 2.25. The molecule has 20 heavy (non-hydrogen) atoms. The smallest absolute Gasteiger partial charge is 0.180 e. The molecule has 0 aliphatic carbocycles. The molecule has 0 spiro atoms. The number of rotatable bonds is 7. The number of sulfone groups is 1. The number of carbonyl (C=O) groups is 1. The van der Waals surface area contributed by atoms with Crippen molar-refractivity contribution in [3.8, 4) is 0 Å². The van der Waals surface area contributed by atoms with Crippen molar-refractivity contribution in [3.05, 3.63) is 4.88 Å². The Labute approximate surface area is 124 Å². The van der Waals surface area contributed by atoms with Crippen LogP contribution in [0.5, 0.6) is 0 Å². The van der Waals surface area contributed by atoms with E-state index in [1.54, 1.807) is 0 Å². The third-order valence-corrected chi connectivity index (χ3v) is 5.39. The molecule has 3 N–H and O–H groups in total. The van der Waals surface area contributed by atoms with Gasteiger partial charge in [0.05, 0.1) is 10.6 Å². The fraction of sp³-hybridized carbons (Fsp3) is 0.615. The molecule has 0 bridgehead atoms. The largest absolute Gasteiger partial charge is 0.396 e. The molecule has 114 valence electrons. The molecule has 1 aromatic rings. The van der Waals surface area contributed by atoms with Crippen LogP contribution in [0.1, 0.15) is 43.3 Å². The van der Waals surface area contributed by atoms with E-state index in [-0.39, 0.29) is 16.4 Å². The van der Waals surface area contributed by atoms with Gasteiger partial charge in [-0.2, -0.15) is 0 Å². The van der Waals surface area contributed by atoms with Crippen molar-refractivity contribution < 1.29 is 13.2 Å². The SMILES string of the molecule is CC(=O)c1sc(NCCCC(C)C)c(S(C)(=O)=O)c1N. The van der Waals surface area contributed by atoms with E-state index in [4.69, 9.17) is 5.73 Å². The third-order valence-electron chi connectivity index (χ3n) is 2.83. The van der Waals surface area contributed by atoms with Crippen LogP contribution < -0.4 is 11.1 Å². The Hall–Kier alpha value is -1.08. The van der Waals surface area contributed by atoms with Crippen LogP contribution >= 0.6 is 11.3 Å². The molecule has 0 aromatic carbocycles. The summed E-state index contributed by atoms with van der Waals surface area (Å²) in [5.41, 5.74) is 5.88. The number of nitrogens with one attached hydrogen (secondary N) is 1. The van der Waals surface area contributed by atoms with Crippen LogP contribution in [-0.4, -0.2) is 27.0 Å². The van der Waals surface area contributed by atoms with E-state index in [0.29, 0.717) is 22.3 Å². The van der Waals surface area contributed by atoms with Gasteiger partial charge in [0, 0.05) is 19.7 Å². The highest BCUT2D eigenvalue weighted by atomic mass is 32.2. The summed E-state index contributed by atoms with van der Waals surface area (Å²) in [5.74, 6) is 0.389. The maximum atomic E-state index is 11.8. The van der Waals surface area contributed by atoms with Gasteiger partial charge >= 0.3 is 0 Å². The Morgan fingerprint density at radius 3 is 2.45 bits per heavy atom. The van der Waals surface area contributed by atoms with Crippen molar-refractivity contribution in [1.29, 1.82) is 0 Å². The van der Waals surface area contributed by atoms with Crippen LogP contribution in [-0.2, 0) is 9.84 Å². The number of anilines is 2. The van der Waals surface area contributed by atoms with E-state index in [1.165, 1.54) is 6.92 Å². The van der Waals surface area contributed by atoms with E-state index in [2.05, 4.69) is 19.2 Å². The van der Waals surface area contributed by atoms with Gasteiger partial charge in [-0.25, -0.2) is 8.42 Å². The number of ketones is 1. The lowest BCUT2D eigenvalue weighted by Gasteiger charge is -2.08. The van der Waals surface area contributed by atoms with E-state index < -0.39 is 9.84 Å². The number of nitrogens with two attached hydrogens (primary N) is 1. The number of nitrogen functional groups attached to an aromatic ring is 1. The van der Waals surface area contributed by atoms with Gasteiger partial charge in [-0.3, -0.25) is 4.79 Å². The maximum Gasteiger partial charge on any atom is 0.180 e. The van der Waals surface area contributed by atoms with Crippen LogP contribution in [0.2, 0.25) is 0 Å². The first kappa shape index (κ1) is 17.0. The van der Waals surface area contributed by atoms with Crippen LogP contribution in [0, 0.1) is 5.92 Å². The summed E-state index contributed by atoms with van der Waals surface area (Å²) in [5, 5.41) is 3.57. The summed E-state index contributed by atoms with van der Waals surface area (Å²) in [6, 6.07) is 0. The highest BCUT2D eigenvalue weighted by molar-refractivity contribution is 7.91. The van der Waals surface area contributed by atoms with Crippen molar-refractivity contribution >= 4 is 37.6 Å². The second-order valence-corrected chi connectivity index (χ2v) is 8.27. The van der Waals surface area contributed by atoms with Gasteiger partial charge in [0.2, 0.25) is 0 Å². The van der Waals surface area contributed by atoms with Crippen molar-refractivity contribution in [2.45, 2.75) is 38.5 Å². The minimum atomic E-state index is -3.46. The standard InChI is InChI=1S/C13H22N2O3S2/c1-8(2)6-5-7-15-13-12(20(4,17)18)10(14)11(19-13)9(3)16/h8,15H,5-7,14H2,1-4H3. The molecule has 0 atom stereocenters. The molecular weight excluding hydrogens is 296 g/mol. The van der Waals surface area contributed by atoms with Crippen molar-refractivity contribution in [1.82, 2.24) is 0 Å². The molecule has 0 radical (unpaired) electrons. The van der Waals surface area contributed by atoms with E-state index in [9.17, 15) is 13.2 Å². The lowest BCUT2D eigenvalue weighted by Crippen LogP contribution is -2.07. The fourth-order valence-electron chi connectivity index (χ4n) is 1.89.